The third kappa shape index (κ3) is 3.38. The van der Waals surface area contributed by atoms with E-state index in [0.29, 0.717) is 0 Å². The summed E-state index contributed by atoms with van der Waals surface area (Å²) in [5.74, 6) is -0.198. The Morgan fingerprint density at radius 2 is 1.71 bits per heavy atom. The molecule has 0 atom stereocenters. The van der Waals surface area contributed by atoms with Crippen molar-refractivity contribution in [1.29, 1.82) is 0 Å². The largest absolute Gasteiger partial charge is 0.261 e. The van der Waals surface area contributed by atoms with Crippen molar-refractivity contribution in [3.05, 3.63) is 53.6 Å². The summed E-state index contributed by atoms with van der Waals surface area (Å²) >= 11 is 0. The SMILES string of the molecule is CC.Cc1ccc(-c2ccc(F)cc2C)cn1. The zero-order valence-corrected chi connectivity index (χ0v) is 10.8. The molecule has 1 aromatic carbocycles. The zero-order chi connectivity index (χ0) is 12.8. The molecule has 1 nitrogen and oxygen atoms in total. The molecule has 2 aromatic rings. The quantitative estimate of drug-likeness (QED) is 0.702. The van der Waals surface area contributed by atoms with Gasteiger partial charge in [-0.3, -0.25) is 4.98 Å². The molecule has 0 spiro atoms. The Labute approximate surface area is 102 Å². The molecule has 0 aliphatic carbocycles. The van der Waals surface area contributed by atoms with Crippen LogP contribution in [0.3, 0.4) is 0 Å². The van der Waals surface area contributed by atoms with Crippen molar-refractivity contribution in [2.75, 3.05) is 0 Å². The number of benzene rings is 1. The van der Waals surface area contributed by atoms with Gasteiger partial charge in [-0.05, 0) is 43.2 Å². The first-order chi connectivity index (χ1) is 8.16. The van der Waals surface area contributed by atoms with E-state index in [0.717, 1.165) is 22.4 Å². The van der Waals surface area contributed by atoms with Gasteiger partial charge in [-0.2, -0.15) is 0 Å². The highest BCUT2D eigenvalue weighted by Gasteiger charge is 2.02. The van der Waals surface area contributed by atoms with E-state index in [4.69, 9.17) is 0 Å². The van der Waals surface area contributed by atoms with Crippen LogP contribution in [0.4, 0.5) is 4.39 Å². The second-order valence-corrected chi connectivity index (χ2v) is 3.65. The van der Waals surface area contributed by atoms with E-state index in [2.05, 4.69) is 4.98 Å². The van der Waals surface area contributed by atoms with Crippen molar-refractivity contribution in [2.24, 2.45) is 0 Å². The van der Waals surface area contributed by atoms with Gasteiger partial charge in [0.25, 0.3) is 0 Å². The number of nitrogens with zero attached hydrogens (tertiary/aromatic N) is 1. The summed E-state index contributed by atoms with van der Waals surface area (Å²) in [7, 11) is 0. The van der Waals surface area contributed by atoms with Gasteiger partial charge < -0.3 is 0 Å². The number of hydrogen-bond donors (Lipinski definition) is 0. The Morgan fingerprint density at radius 3 is 2.24 bits per heavy atom. The van der Waals surface area contributed by atoms with Crippen LogP contribution in [-0.4, -0.2) is 4.98 Å². The first-order valence-corrected chi connectivity index (χ1v) is 5.86. The number of hydrogen-bond acceptors (Lipinski definition) is 1. The molecule has 2 heteroatoms. The second kappa shape index (κ2) is 6.14. The Balaban J connectivity index is 0.000000686. The zero-order valence-electron chi connectivity index (χ0n) is 10.8. The smallest absolute Gasteiger partial charge is 0.123 e. The molecule has 90 valence electrons. The molecule has 17 heavy (non-hydrogen) atoms. The molecule has 0 N–H and O–H groups in total. The fourth-order valence-corrected chi connectivity index (χ4v) is 1.58. The van der Waals surface area contributed by atoms with E-state index in [-0.39, 0.29) is 5.82 Å². The van der Waals surface area contributed by atoms with Gasteiger partial charge in [0.05, 0.1) is 0 Å². The fraction of sp³-hybridized carbons (Fsp3) is 0.267. The molecule has 0 aliphatic heterocycles. The number of halogens is 1. The van der Waals surface area contributed by atoms with Gasteiger partial charge in [0.1, 0.15) is 5.82 Å². The predicted octanol–water partition coefficient (Wildman–Crippen LogP) is 4.53. The molecule has 0 saturated heterocycles. The second-order valence-electron chi connectivity index (χ2n) is 3.65. The van der Waals surface area contributed by atoms with Gasteiger partial charge >= 0.3 is 0 Å². The van der Waals surface area contributed by atoms with Gasteiger partial charge in [0.15, 0.2) is 0 Å². The van der Waals surface area contributed by atoms with E-state index in [9.17, 15) is 4.39 Å². The lowest BCUT2D eigenvalue weighted by Crippen LogP contribution is -1.87. The van der Waals surface area contributed by atoms with Crippen LogP contribution in [0.1, 0.15) is 25.1 Å². The summed E-state index contributed by atoms with van der Waals surface area (Å²) in [6, 6.07) is 8.76. The van der Waals surface area contributed by atoms with E-state index >= 15 is 0 Å². The highest BCUT2D eigenvalue weighted by Crippen LogP contribution is 2.23. The lowest BCUT2D eigenvalue weighted by Gasteiger charge is -2.05. The summed E-state index contributed by atoms with van der Waals surface area (Å²) in [5.41, 5.74) is 3.97. The Kier molecular flexibility index (Phi) is 4.83. The average molecular weight is 231 g/mol. The fourth-order valence-electron chi connectivity index (χ4n) is 1.58. The standard InChI is InChI=1S/C13H12FN.C2H6/c1-9-7-12(14)5-6-13(9)11-4-3-10(2)15-8-11;1-2/h3-8H,1-2H3;1-2H3. The van der Waals surface area contributed by atoms with Crippen molar-refractivity contribution in [3.8, 4) is 11.1 Å². The Morgan fingerprint density at radius 1 is 1.00 bits per heavy atom. The van der Waals surface area contributed by atoms with Crippen molar-refractivity contribution < 1.29 is 4.39 Å². The normalized spacial score (nSPS) is 9.47. The first-order valence-electron chi connectivity index (χ1n) is 5.86. The maximum Gasteiger partial charge on any atom is 0.123 e. The molecule has 1 heterocycles. The van der Waals surface area contributed by atoms with Crippen molar-refractivity contribution in [2.45, 2.75) is 27.7 Å². The molecular formula is C15H18FN. The van der Waals surface area contributed by atoms with Crippen LogP contribution >= 0.6 is 0 Å². The van der Waals surface area contributed by atoms with Gasteiger partial charge in [-0.1, -0.05) is 26.0 Å². The third-order valence-corrected chi connectivity index (χ3v) is 2.41. The van der Waals surface area contributed by atoms with E-state index in [1.54, 1.807) is 6.07 Å². The lowest BCUT2D eigenvalue weighted by molar-refractivity contribution is 0.627. The lowest BCUT2D eigenvalue weighted by atomic mass is 10.0. The molecule has 0 fully saturated rings. The number of rotatable bonds is 1. The van der Waals surface area contributed by atoms with Crippen molar-refractivity contribution in [1.82, 2.24) is 4.98 Å². The van der Waals surface area contributed by atoms with Crippen LogP contribution in [-0.2, 0) is 0 Å². The molecule has 0 saturated carbocycles. The number of pyridine rings is 1. The third-order valence-electron chi connectivity index (χ3n) is 2.41. The minimum absolute atomic E-state index is 0.198. The van der Waals surface area contributed by atoms with Crippen LogP contribution in [0.15, 0.2) is 36.5 Å². The maximum absolute atomic E-state index is 12.9. The van der Waals surface area contributed by atoms with Crippen LogP contribution in [0.25, 0.3) is 11.1 Å². The molecule has 0 bridgehead atoms. The molecule has 0 amide bonds. The monoisotopic (exact) mass is 231 g/mol. The summed E-state index contributed by atoms with van der Waals surface area (Å²) < 4.78 is 12.9. The van der Waals surface area contributed by atoms with Crippen LogP contribution in [0, 0.1) is 19.7 Å². The first kappa shape index (κ1) is 13.4. The van der Waals surface area contributed by atoms with Gasteiger partial charge in [0.2, 0.25) is 0 Å². The molecule has 0 aliphatic rings. The summed E-state index contributed by atoms with van der Waals surface area (Å²) in [6.45, 7) is 7.85. The van der Waals surface area contributed by atoms with E-state index in [1.165, 1.54) is 12.1 Å². The Bertz CT molecular complexity index is 475. The average Bonchev–Trinajstić information content (AvgIpc) is 2.33. The predicted molar refractivity (Wildman–Crippen MR) is 70.5 cm³/mol. The van der Waals surface area contributed by atoms with Gasteiger partial charge in [-0.25, -0.2) is 4.39 Å². The molecule has 2 rings (SSSR count). The Hall–Kier alpha value is -1.70. The highest BCUT2D eigenvalue weighted by molar-refractivity contribution is 5.66. The number of aromatic nitrogens is 1. The van der Waals surface area contributed by atoms with Crippen LogP contribution in [0.2, 0.25) is 0 Å². The van der Waals surface area contributed by atoms with Gasteiger partial charge in [0, 0.05) is 17.5 Å². The number of aryl methyl sites for hydroxylation is 2. The van der Waals surface area contributed by atoms with E-state index < -0.39 is 0 Å². The molecule has 0 radical (unpaired) electrons. The minimum Gasteiger partial charge on any atom is -0.261 e. The summed E-state index contributed by atoms with van der Waals surface area (Å²) in [6.07, 6.45) is 1.82. The molecular weight excluding hydrogens is 213 g/mol. The highest BCUT2D eigenvalue weighted by atomic mass is 19.1. The molecule has 1 aromatic heterocycles. The van der Waals surface area contributed by atoms with Gasteiger partial charge in [-0.15, -0.1) is 0 Å². The minimum atomic E-state index is -0.198. The topological polar surface area (TPSA) is 12.9 Å². The van der Waals surface area contributed by atoms with Crippen molar-refractivity contribution >= 4 is 0 Å². The summed E-state index contributed by atoms with van der Waals surface area (Å²) in [4.78, 5) is 4.23. The van der Waals surface area contributed by atoms with E-state index in [1.807, 2.05) is 46.0 Å². The maximum atomic E-state index is 12.9. The summed E-state index contributed by atoms with van der Waals surface area (Å²) in [5, 5.41) is 0. The molecule has 0 unspecified atom stereocenters. The van der Waals surface area contributed by atoms with Crippen molar-refractivity contribution in [3.63, 3.8) is 0 Å². The van der Waals surface area contributed by atoms with Crippen LogP contribution < -0.4 is 0 Å². The van der Waals surface area contributed by atoms with Crippen LogP contribution in [0.5, 0.6) is 0 Å².